The number of halogens is 1. The van der Waals surface area contributed by atoms with Crippen LogP contribution in [0.15, 0.2) is 65.5 Å². The van der Waals surface area contributed by atoms with Crippen LogP contribution in [0, 0.1) is 0 Å². The summed E-state index contributed by atoms with van der Waals surface area (Å²) in [6.45, 7) is 3.61. The summed E-state index contributed by atoms with van der Waals surface area (Å²) in [5, 5.41) is 8.04. The zero-order valence-electron chi connectivity index (χ0n) is 18.6. The van der Waals surface area contributed by atoms with E-state index in [1.807, 2.05) is 28.9 Å². The van der Waals surface area contributed by atoms with Crippen LogP contribution in [0.2, 0.25) is 0 Å². The first-order chi connectivity index (χ1) is 16.2. The van der Waals surface area contributed by atoms with E-state index in [1.54, 1.807) is 19.5 Å². The number of anilines is 1. The monoisotopic (exact) mass is 506 g/mol. The third-order valence-electron chi connectivity index (χ3n) is 6.16. The molecule has 4 aromatic rings. The number of nitrogens with zero attached hydrogens (tertiary/aromatic N) is 5. The van der Waals surface area contributed by atoms with Gasteiger partial charge in [0.25, 0.3) is 0 Å². The van der Waals surface area contributed by atoms with Gasteiger partial charge in [0, 0.05) is 49.6 Å². The highest BCUT2D eigenvalue weighted by atomic mass is 79.9. The second-order valence-corrected chi connectivity index (χ2v) is 9.25. The fourth-order valence-corrected chi connectivity index (χ4v) is 4.85. The molecule has 1 aliphatic heterocycles. The molecule has 8 heteroatoms. The minimum Gasteiger partial charge on any atom is -0.496 e. The molecular weight excluding hydrogens is 480 g/mol. The second kappa shape index (κ2) is 9.89. The number of hydrogen-bond donors (Lipinski definition) is 1. The van der Waals surface area contributed by atoms with Crippen LogP contribution in [0.5, 0.6) is 5.75 Å². The predicted molar refractivity (Wildman–Crippen MR) is 132 cm³/mol. The average Bonchev–Trinajstić information content (AvgIpc) is 3.24. The van der Waals surface area contributed by atoms with Crippen molar-refractivity contribution >= 4 is 27.4 Å². The molecule has 0 spiro atoms. The van der Waals surface area contributed by atoms with E-state index in [0.717, 1.165) is 65.4 Å². The molecule has 3 aromatic heterocycles. The molecule has 1 N–H and O–H groups in total. The van der Waals surface area contributed by atoms with Gasteiger partial charge in [-0.15, -0.1) is 0 Å². The van der Waals surface area contributed by atoms with Gasteiger partial charge in [-0.2, -0.15) is 9.61 Å². The topological polar surface area (TPSA) is 67.6 Å². The molecule has 0 bridgehead atoms. The van der Waals surface area contributed by atoms with Gasteiger partial charge >= 0.3 is 0 Å². The number of fused-ring (bicyclic) bond motifs is 1. The normalized spacial score (nSPS) is 16.7. The van der Waals surface area contributed by atoms with E-state index in [1.165, 1.54) is 5.56 Å². The van der Waals surface area contributed by atoms with Gasteiger partial charge in [0.05, 0.1) is 23.5 Å². The standard InChI is InChI=1S/C25H27BrN6O/c1-33-23-9-3-2-7-20(23)17-31-11-5-8-19(16-31)22-12-24(28-14-18-6-4-10-27-13-18)32-25(30-22)21(26)15-29-32/h2-4,6-7,9-10,12-13,15,19,28H,5,8,11,14,16-17H2,1H3. The molecule has 0 amide bonds. The predicted octanol–water partition coefficient (Wildman–Crippen LogP) is 4.89. The number of hydrogen-bond acceptors (Lipinski definition) is 6. The zero-order chi connectivity index (χ0) is 22.6. The Morgan fingerprint density at radius 2 is 2.09 bits per heavy atom. The number of piperidine rings is 1. The van der Waals surface area contributed by atoms with E-state index in [0.29, 0.717) is 12.5 Å². The lowest BCUT2D eigenvalue weighted by molar-refractivity contribution is 0.196. The van der Waals surface area contributed by atoms with Crippen LogP contribution < -0.4 is 10.1 Å². The SMILES string of the molecule is COc1ccccc1CN1CCCC(c2cc(NCc3cccnc3)n3ncc(Br)c3n2)C1. The maximum Gasteiger partial charge on any atom is 0.171 e. The van der Waals surface area contributed by atoms with Crippen molar-refractivity contribution in [3.63, 3.8) is 0 Å². The van der Waals surface area contributed by atoms with E-state index in [-0.39, 0.29) is 0 Å². The maximum atomic E-state index is 5.56. The van der Waals surface area contributed by atoms with Crippen LogP contribution in [0.3, 0.4) is 0 Å². The number of para-hydroxylation sites is 1. The van der Waals surface area contributed by atoms with Crippen molar-refractivity contribution in [1.29, 1.82) is 0 Å². The number of ether oxygens (including phenoxy) is 1. The van der Waals surface area contributed by atoms with Gasteiger partial charge in [0.2, 0.25) is 0 Å². The highest BCUT2D eigenvalue weighted by Crippen LogP contribution is 2.31. The van der Waals surface area contributed by atoms with Crippen LogP contribution in [0.4, 0.5) is 5.82 Å². The van der Waals surface area contributed by atoms with Crippen LogP contribution in [0.25, 0.3) is 5.65 Å². The Balaban J connectivity index is 1.38. The largest absolute Gasteiger partial charge is 0.496 e. The highest BCUT2D eigenvalue weighted by molar-refractivity contribution is 9.10. The first-order valence-electron chi connectivity index (χ1n) is 11.2. The van der Waals surface area contributed by atoms with Crippen LogP contribution >= 0.6 is 15.9 Å². The second-order valence-electron chi connectivity index (χ2n) is 8.40. The third-order valence-corrected chi connectivity index (χ3v) is 6.71. The summed E-state index contributed by atoms with van der Waals surface area (Å²) in [6.07, 6.45) is 7.74. The number of likely N-dealkylation sites (tertiary alicyclic amines) is 1. The molecule has 1 unspecified atom stereocenters. The van der Waals surface area contributed by atoms with Crippen molar-refractivity contribution in [3.05, 3.63) is 82.3 Å². The maximum absolute atomic E-state index is 5.56. The fraction of sp³-hybridized carbons (Fsp3) is 0.320. The molecular formula is C25H27BrN6O. The van der Waals surface area contributed by atoms with Crippen LogP contribution in [0.1, 0.15) is 35.6 Å². The van der Waals surface area contributed by atoms with Crippen LogP contribution in [-0.4, -0.2) is 44.7 Å². The molecule has 0 aliphatic carbocycles. The summed E-state index contributed by atoms with van der Waals surface area (Å²) in [6, 6.07) is 14.4. The number of rotatable bonds is 7. The molecule has 4 heterocycles. The first kappa shape index (κ1) is 21.9. The molecule has 1 aromatic carbocycles. The molecule has 1 fully saturated rings. The molecule has 33 heavy (non-hydrogen) atoms. The molecule has 7 nitrogen and oxygen atoms in total. The zero-order valence-corrected chi connectivity index (χ0v) is 20.2. The Hall–Kier alpha value is -2.97. The molecule has 0 radical (unpaired) electrons. The van der Waals surface area contributed by atoms with E-state index in [4.69, 9.17) is 9.72 Å². The molecule has 0 saturated carbocycles. The van der Waals surface area contributed by atoms with Crippen molar-refractivity contribution in [1.82, 2.24) is 24.5 Å². The number of benzene rings is 1. The van der Waals surface area contributed by atoms with Gasteiger partial charge in [0.15, 0.2) is 5.65 Å². The van der Waals surface area contributed by atoms with E-state index < -0.39 is 0 Å². The number of nitrogens with one attached hydrogen (secondary N) is 1. The van der Waals surface area contributed by atoms with Crippen molar-refractivity contribution in [3.8, 4) is 5.75 Å². The molecule has 1 atom stereocenters. The Kier molecular flexibility index (Phi) is 6.55. The Labute approximate surface area is 201 Å². The fourth-order valence-electron chi connectivity index (χ4n) is 4.50. The summed E-state index contributed by atoms with van der Waals surface area (Å²) in [7, 11) is 1.74. The summed E-state index contributed by atoms with van der Waals surface area (Å²) in [5.41, 5.74) is 4.28. The quantitative estimate of drug-likeness (QED) is 0.385. The van der Waals surface area contributed by atoms with E-state index in [2.05, 4.69) is 60.5 Å². The highest BCUT2D eigenvalue weighted by Gasteiger charge is 2.25. The van der Waals surface area contributed by atoms with Gasteiger partial charge < -0.3 is 10.1 Å². The van der Waals surface area contributed by atoms with E-state index >= 15 is 0 Å². The van der Waals surface area contributed by atoms with Crippen LogP contribution in [-0.2, 0) is 13.1 Å². The van der Waals surface area contributed by atoms with Gasteiger partial charge in [-0.1, -0.05) is 24.3 Å². The summed E-state index contributed by atoms with van der Waals surface area (Å²) >= 11 is 3.62. The Morgan fingerprint density at radius 1 is 1.18 bits per heavy atom. The number of pyridine rings is 1. The Morgan fingerprint density at radius 3 is 2.94 bits per heavy atom. The molecule has 170 valence electrons. The summed E-state index contributed by atoms with van der Waals surface area (Å²) in [5.74, 6) is 2.25. The van der Waals surface area contributed by atoms with Crippen molar-refractivity contribution < 1.29 is 4.74 Å². The Bertz CT molecular complexity index is 1230. The average molecular weight is 507 g/mol. The summed E-state index contributed by atoms with van der Waals surface area (Å²) in [4.78, 5) is 11.7. The van der Waals surface area contributed by atoms with Crippen molar-refractivity contribution in [2.75, 3.05) is 25.5 Å². The van der Waals surface area contributed by atoms with Crippen molar-refractivity contribution in [2.45, 2.75) is 31.8 Å². The third kappa shape index (κ3) is 4.86. The number of methoxy groups -OCH3 is 1. The minimum absolute atomic E-state index is 0.360. The first-order valence-corrected chi connectivity index (χ1v) is 12.0. The molecule has 1 aliphatic rings. The molecule has 5 rings (SSSR count). The van der Waals surface area contributed by atoms with Gasteiger partial charge in [0.1, 0.15) is 11.6 Å². The lowest BCUT2D eigenvalue weighted by Gasteiger charge is -2.33. The smallest absolute Gasteiger partial charge is 0.171 e. The van der Waals surface area contributed by atoms with Gasteiger partial charge in [-0.25, -0.2) is 4.98 Å². The van der Waals surface area contributed by atoms with Gasteiger partial charge in [-0.05, 0) is 53.0 Å². The molecule has 1 saturated heterocycles. The lowest BCUT2D eigenvalue weighted by atomic mass is 9.94. The van der Waals surface area contributed by atoms with Crippen molar-refractivity contribution in [2.24, 2.45) is 0 Å². The number of aromatic nitrogens is 4. The van der Waals surface area contributed by atoms with Gasteiger partial charge in [-0.3, -0.25) is 9.88 Å². The summed E-state index contributed by atoms with van der Waals surface area (Å²) < 4.78 is 8.32. The lowest BCUT2D eigenvalue weighted by Crippen LogP contribution is -2.34. The minimum atomic E-state index is 0.360. The van der Waals surface area contributed by atoms with E-state index in [9.17, 15) is 0 Å².